The molecule has 1 atom stereocenters. The third-order valence-corrected chi connectivity index (χ3v) is 5.61. The molecule has 5 rings (SSSR count). The predicted molar refractivity (Wildman–Crippen MR) is 117 cm³/mol. The van der Waals surface area contributed by atoms with Gasteiger partial charge in [0.1, 0.15) is 5.58 Å². The molecule has 0 bridgehead atoms. The standard InChI is InChI=1S/C24H16ClN3O4/c25-17-1-2-18-16(11-17)12-19(32-18)22(29)20-21(15-5-9-27-10-6-15)28(24(31)23(20)30)13-14-3-7-26-8-4-14/h1-12,21,30H,13H2. The summed E-state index contributed by atoms with van der Waals surface area (Å²) in [6, 6.07) is 12.7. The fourth-order valence-electron chi connectivity index (χ4n) is 3.88. The van der Waals surface area contributed by atoms with Crippen molar-refractivity contribution in [1.82, 2.24) is 14.9 Å². The van der Waals surface area contributed by atoms with Gasteiger partial charge in [0.25, 0.3) is 5.91 Å². The second-order valence-electron chi connectivity index (χ2n) is 7.36. The highest BCUT2D eigenvalue weighted by Crippen LogP contribution is 2.40. The van der Waals surface area contributed by atoms with Crippen LogP contribution in [-0.2, 0) is 11.3 Å². The predicted octanol–water partition coefficient (Wildman–Crippen LogP) is 4.65. The van der Waals surface area contributed by atoms with E-state index in [0.717, 1.165) is 5.56 Å². The van der Waals surface area contributed by atoms with Gasteiger partial charge < -0.3 is 14.4 Å². The summed E-state index contributed by atoms with van der Waals surface area (Å²) in [4.78, 5) is 36.0. The molecule has 0 saturated heterocycles. The Morgan fingerprint density at radius 1 is 1.03 bits per heavy atom. The molecule has 0 saturated carbocycles. The van der Waals surface area contributed by atoms with E-state index >= 15 is 0 Å². The lowest BCUT2D eigenvalue weighted by molar-refractivity contribution is -0.130. The Hall–Kier alpha value is -3.97. The maximum absolute atomic E-state index is 13.5. The van der Waals surface area contributed by atoms with E-state index in [-0.39, 0.29) is 17.9 Å². The maximum Gasteiger partial charge on any atom is 0.290 e. The van der Waals surface area contributed by atoms with E-state index in [4.69, 9.17) is 16.0 Å². The SMILES string of the molecule is O=C(C1=C(O)C(=O)N(Cc2ccncc2)C1c1ccncc1)c1cc2cc(Cl)ccc2o1. The van der Waals surface area contributed by atoms with E-state index in [1.807, 2.05) is 0 Å². The van der Waals surface area contributed by atoms with E-state index in [9.17, 15) is 14.7 Å². The Bertz CT molecular complexity index is 1370. The first-order valence-corrected chi connectivity index (χ1v) is 10.2. The normalized spacial score (nSPS) is 16.2. The van der Waals surface area contributed by atoms with E-state index in [2.05, 4.69) is 9.97 Å². The largest absolute Gasteiger partial charge is 0.503 e. The number of hydrogen-bond donors (Lipinski definition) is 1. The molecule has 8 heteroatoms. The number of ketones is 1. The number of carbonyl (C=O) groups is 2. The summed E-state index contributed by atoms with van der Waals surface area (Å²) in [6.45, 7) is 0.185. The van der Waals surface area contributed by atoms with Gasteiger partial charge in [0, 0.05) is 41.7 Å². The zero-order valence-electron chi connectivity index (χ0n) is 16.6. The average molecular weight is 446 g/mol. The zero-order chi connectivity index (χ0) is 22.2. The van der Waals surface area contributed by atoms with Crippen molar-refractivity contribution in [2.24, 2.45) is 0 Å². The van der Waals surface area contributed by atoms with Crippen LogP contribution in [0.1, 0.15) is 27.7 Å². The Morgan fingerprint density at radius 3 is 2.44 bits per heavy atom. The molecule has 1 aromatic carbocycles. The second kappa shape index (κ2) is 7.94. The minimum Gasteiger partial charge on any atom is -0.503 e. The molecular formula is C24H16ClN3O4. The molecule has 1 unspecified atom stereocenters. The number of furan rings is 1. The number of aliphatic hydroxyl groups is 1. The lowest BCUT2D eigenvalue weighted by atomic mass is 9.95. The van der Waals surface area contributed by atoms with Gasteiger partial charge in [-0.15, -0.1) is 0 Å². The number of fused-ring (bicyclic) bond motifs is 1. The molecule has 1 N–H and O–H groups in total. The Kier molecular flexibility index (Phi) is 4.95. The van der Waals surface area contributed by atoms with Crippen molar-refractivity contribution >= 4 is 34.3 Å². The summed E-state index contributed by atoms with van der Waals surface area (Å²) in [6.07, 6.45) is 6.39. The number of benzene rings is 1. The quantitative estimate of drug-likeness (QED) is 0.449. The van der Waals surface area contributed by atoms with Gasteiger partial charge in [-0.25, -0.2) is 0 Å². The van der Waals surface area contributed by atoms with Crippen molar-refractivity contribution in [1.29, 1.82) is 0 Å². The van der Waals surface area contributed by atoms with Gasteiger partial charge in [-0.2, -0.15) is 0 Å². The molecule has 3 aromatic heterocycles. The Morgan fingerprint density at radius 2 is 1.72 bits per heavy atom. The molecule has 0 aliphatic carbocycles. The van der Waals surface area contributed by atoms with Crippen LogP contribution in [0.25, 0.3) is 11.0 Å². The fraction of sp³-hybridized carbons (Fsp3) is 0.0833. The van der Waals surface area contributed by atoms with Gasteiger partial charge in [-0.1, -0.05) is 11.6 Å². The zero-order valence-corrected chi connectivity index (χ0v) is 17.4. The maximum atomic E-state index is 13.5. The minimum atomic E-state index is -0.803. The summed E-state index contributed by atoms with van der Waals surface area (Å²) < 4.78 is 5.71. The molecular weight excluding hydrogens is 430 g/mol. The molecule has 4 aromatic rings. The third-order valence-electron chi connectivity index (χ3n) is 5.37. The molecule has 0 radical (unpaired) electrons. The minimum absolute atomic E-state index is 0.0152. The van der Waals surface area contributed by atoms with Crippen LogP contribution < -0.4 is 0 Å². The van der Waals surface area contributed by atoms with Crippen molar-refractivity contribution < 1.29 is 19.1 Å². The van der Waals surface area contributed by atoms with Crippen molar-refractivity contribution in [3.05, 3.63) is 107 Å². The summed E-state index contributed by atoms with van der Waals surface area (Å²) in [7, 11) is 0. The number of pyridine rings is 2. The highest BCUT2D eigenvalue weighted by molar-refractivity contribution is 6.31. The molecule has 32 heavy (non-hydrogen) atoms. The first kappa shape index (κ1) is 20.0. The molecule has 1 aliphatic heterocycles. The third kappa shape index (κ3) is 3.42. The number of carbonyl (C=O) groups excluding carboxylic acids is 2. The Labute approximate surface area is 187 Å². The van der Waals surface area contributed by atoms with Gasteiger partial charge >= 0.3 is 0 Å². The first-order chi connectivity index (χ1) is 15.5. The van der Waals surface area contributed by atoms with Gasteiger partial charge in [-0.05, 0) is 59.7 Å². The fourth-order valence-corrected chi connectivity index (χ4v) is 4.07. The van der Waals surface area contributed by atoms with Gasteiger partial charge in [0.05, 0.1) is 11.6 Å². The number of amides is 1. The molecule has 158 valence electrons. The van der Waals surface area contributed by atoms with Crippen molar-refractivity contribution in [2.45, 2.75) is 12.6 Å². The monoisotopic (exact) mass is 445 g/mol. The van der Waals surface area contributed by atoms with Crippen molar-refractivity contribution in [3.8, 4) is 0 Å². The van der Waals surface area contributed by atoms with Crippen LogP contribution in [0, 0.1) is 0 Å². The average Bonchev–Trinajstić information content (AvgIpc) is 3.34. The lowest BCUT2D eigenvalue weighted by Crippen LogP contribution is -2.30. The second-order valence-corrected chi connectivity index (χ2v) is 7.79. The van der Waals surface area contributed by atoms with Crippen molar-refractivity contribution in [3.63, 3.8) is 0 Å². The highest BCUT2D eigenvalue weighted by Gasteiger charge is 2.44. The summed E-state index contributed by atoms with van der Waals surface area (Å²) in [5.41, 5.74) is 1.90. The molecule has 1 aliphatic rings. The smallest absolute Gasteiger partial charge is 0.290 e. The molecule has 0 spiro atoms. The molecule has 4 heterocycles. The van der Waals surface area contributed by atoms with E-state index in [1.165, 1.54) is 4.90 Å². The van der Waals surface area contributed by atoms with E-state index in [1.54, 1.807) is 73.3 Å². The Balaban J connectivity index is 1.59. The van der Waals surface area contributed by atoms with Crippen LogP contribution in [0.5, 0.6) is 0 Å². The highest BCUT2D eigenvalue weighted by atomic mass is 35.5. The lowest BCUT2D eigenvalue weighted by Gasteiger charge is -2.26. The van der Waals surface area contributed by atoms with Crippen LogP contribution >= 0.6 is 11.6 Å². The number of aliphatic hydroxyl groups excluding tert-OH is 1. The molecule has 7 nitrogen and oxygen atoms in total. The summed E-state index contributed by atoms with van der Waals surface area (Å²) >= 11 is 6.04. The summed E-state index contributed by atoms with van der Waals surface area (Å²) in [5, 5.41) is 11.9. The topological polar surface area (TPSA) is 96.5 Å². The van der Waals surface area contributed by atoms with Crippen LogP contribution in [0.2, 0.25) is 5.02 Å². The number of rotatable bonds is 5. The number of nitrogens with zero attached hydrogens (tertiary/aromatic N) is 3. The van der Waals surface area contributed by atoms with Crippen LogP contribution in [-0.4, -0.2) is 31.7 Å². The number of hydrogen-bond acceptors (Lipinski definition) is 6. The number of aromatic nitrogens is 2. The van der Waals surface area contributed by atoms with Crippen LogP contribution in [0.15, 0.2) is 89.1 Å². The van der Waals surface area contributed by atoms with Gasteiger partial charge in [-0.3, -0.25) is 19.6 Å². The van der Waals surface area contributed by atoms with Crippen molar-refractivity contribution in [2.75, 3.05) is 0 Å². The van der Waals surface area contributed by atoms with Gasteiger partial charge in [0.15, 0.2) is 11.5 Å². The summed E-state index contributed by atoms with van der Waals surface area (Å²) in [5.74, 6) is -1.78. The van der Waals surface area contributed by atoms with E-state index in [0.29, 0.717) is 21.6 Å². The van der Waals surface area contributed by atoms with E-state index < -0.39 is 23.5 Å². The molecule has 0 fully saturated rings. The number of halogens is 1. The van der Waals surface area contributed by atoms with Crippen LogP contribution in [0.3, 0.4) is 0 Å². The van der Waals surface area contributed by atoms with Gasteiger partial charge in [0.2, 0.25) is 5.78 Å². The number of Topliss-reactive ketones (excluding diaryl/α,β-unsaturated/α-hetero) is 1. The van der Waals surface area contributed by atoms with Crippen LogP contribution in [0.4, 0.5) is 0 Å². The molecule has 1 amide bonds. The first-order valence-electron chi connectivity index (χ1n) is 9.79.